The summed E-state index contributed by atoms with van der Waals surface area (Å²) in [5, 5.41) is 4.19. The topological polar surface area (TPSA) is 58.1 Å². The second kappa shape index (κ2) is 5.05. The van der Waals surface area contributed by atoms with Crippen LogP contribution < -0.4 is 5.32 Å². The number of hydrogen-bond acceptors (Lipinski definition) is 5. The Morgan fingerprint density at radius 1 is 1.50 bits per heavy atom. The first-order chi connectivity index (χ1) is 8.78. The van der Waals surface area contributed by atoms with Gasteiger partial charge in [0, 0.05) is 24.1 Å². The van der Waals surface area contributed by atoms with Gasteiger partial charge in [0.25, 0.3) is 0 Å². The number of carbonyl (C=O) groups is 1. The average Bonchev–Trinajstić information content (AvgIpc) is 3.03. The van der Waals surface area contributed by atoms with Gasteiger partial charge in [-0.1, -0.05) is 18.2 Å². The molecular formula is C11H16N4OS2. The Labute approximate surface area is 115 Å². The number of rotatable bonds is 2. The molecular weight excluding hydrogens is 268 g/mol. The lowest BCUT2D eigenvalue weighted by molar-refractivity contribution is 0.203. The predicted octanol–water partition coefficient (Wildman–Crippen LogP) is 2.67. The fourth-order valence-electron chi connectivity index (χ4n) is 2.99. The molecule has 1 saturated carbocycles. The SMILES string of the molecule is CSc1nsc(NC(=O)N2CCC3CCCC32)n1. The lowest BCUT2D eigenvalue weighted by Gasteiger charge is -2.23. The van der Waals surface area contributed by atoms with E-state index in [1.807, 2.05) is 11.2 Å². The van der Waals surface area contributed by atoms with Gasteiger partial charge in [0.05, 0.1) is 0 Å². The molecule has 1 aliphatic heterocycles. The number of carbonyl (C=O) groups excluding carboxylic acids is 1. The molecule has 2 amide bonds. The van der Waals surface area contributed by atoms with Crippen LogP contribution in [0.25, 0.3) is 0 Å². The zero-order chi connectivity index (χ0) is 12.5. The van der Waals surface area contributed by atoms with E-state index in [9.17, 15) is 4.79 Å². The standard InChI is InChI=1S/C11H16N4OS2/c1-17-10-12-9(18-14-10)13-11(16)15-6-5-7-3-2-4-8(7)15/h7-8H,2-6H2,1H3,(H,12,13,14,16). The maximum absolute atomic E-state index is 12.2. The summed E-state index contributed by atoms with van der Waals surface area (Å²) in [5.74, 6) is 0.729. The van der Waals surface area contributed by atoms with E-state index in [2.05, 4.69) is 14.7 Å². The monoisotopic (exact) mass is 284 g/mol. The Balaban J connectivity index is 1.64. The average molecular weight is 284 g/mol. The van der Waals surface area contributed by atoms with Crippen molar-refractivity contribution in [2.75, 3.05) is 18.1 Å². The van der Waals surface area contributed by atoms with Crippen LogP contribution in [0.15, 0.2) is 5.16 Å². The van der Waals surface area contributed by atoms with Crippen LogP contribution in [-0.2, 0) is 0 Å². The number of thioether (sulfide) groups is 1. The van der Waals surface area contributed by atoms with Crippen molar-refractivity contribution in [3.63, 3.8) is 0 Å². The predicted molar refractivity (Wildman–Crippen MR) is 73.2 cm³/mol. The number of nitrogens with one attached hydrogen (secondary N) is 1. The molecule has 2 fully saturated rings. The highest BCUT2D eigenvalue weighted by molar-refractivity contribution is 7.98. The molecule has 0 spiro atoms. The van der Waals surface area contributed by atoms with Crippen molar-refractivity contribution in [3.8, 4) is 0 Å². The molecule has 2 aliphatic rings. The van der Waals surface area contributed by atoms with E-state index in [1.54, 1.807) is 0 Å². The Morgan fingerprint density at radius 2 is 2.39 bits per heavy atom. The molecule has 5 nitrogen and oxygen atoms in total. The van der Waals surface area contributed by atoms with E-state index in [1.165, 1.54) is 36.1 Å². The number of urea groups is 1. The van der Waals surface area contributed by atoms with E-state index in [0.29, 0.717) is 11.2 Å². The molecule has 1 N–H and O–H groups in total. The minimum absolute atomic E-state index is 0.00629. The minimum atomic E-state index is -0.00629. The molecule has 1 saturated heterocycles. The minimum Gasteiger partial charge on any atom is -0.321 e. The molecule has 1 aromatic rings. The summed E-state index contributed by atoms with van der Waals surface area (Å²) in [6.07, 6.45) is 6.78. The summed E-state index contributed by atoms with van der Waals surface area (Å²) in [6.45, 7) is 0.884. The first kappa shape index (κ1) is 12.2. The molecule has 1 aromatic heterocycles. The highest BCUT2D eigenvalue weighted by Gasteiger charge is 2.39. The van der Waals surface area contributed by atoms with Gasteiger partial charge in [-0.05, 0) is 31.4 Å². The number of anilines is 1. The fraction of sp³-hybridized carbons (Fsp3) is 0.727. The van der Waals surface area contributed by atoms with Crippen molar-refractivity contribution in [3.05, 3.63) is 0 Å². The normalized spacial score (nSPS) is 26.4. The van der Waals surface area contributed by atoms with Gasteiger partial charge in [-0.3, -0.25) is 5.32 Å². The highest BCUT2D eigenvalue weighted by atomic mass is 32.2. The summed E-state index contributed by atoms with van der Waals surface area (Å²) in [7, 11) is 0. The number of aromatic nitrogens is 2. The summed E-state index contributed by atoms with van der Waals surface area (Å²) in [5.41, 5.74) is 0. The van der Waals surface area contributed by atoms with Crippen LogP contribution in [0.1, 0.15) is 25.7 Å². The largest absolute Gasteiger partial charge is 0.323 e. The molecule has 0 bridgehead atoms. The maximum Gasteiger partial charge on any atom is 0.323 e. The lowest BCUT2D eigenvalue weighted by atomic mass is 10.1. The first-order valence-electron chi connectivity index (χ1n) is 6.23. The molecule has 2 heterocycles. The van der Waals surface area contributed by atoms with Crippen molar-refractivity contribution in [1.82, 2.24) is 14.3 Å². The van der Waals surface area contributed by atoms with Gasteiger partial charge < -0.3 is 4.90 Å². The van der Waals surface area contributed by atoms with Crippen molar-refractivity contribution >= 4 is 34.5 Å². The Morgan fingerprint density at radius 3 is 3.17 bits per heavy atom. The second-order valence-corrected chi connectivity index (χ2v) is 6.28. The molecule has 2 atom stereocenters. The first-order valence-corrected chi connectivity index (χ1v) is 8.23. The maximum atomic E-state index is 12.2. The van der Waals surface area contributed by atoms with Crippen LogP contribution in [0.4, 0.5) is 9.93 Å². The number of fused-ring (bicyclic) bond motifs is 1. The van der Waals surface area contributed by atoms with Crippen molar-refractivity contribution in [1.29, 1.82) is 0 Å². The smallest absolute Gasteiger partial charge is 0.321 e. The molecule has 1 aliphatic carbocycles. The quantitative estimate of drug-likeness (QED) is 0.848. The van der Waals surface area contributed by atoms with Crippen molar-refractivity contribution < 1.29 is 4.79 Å². The third-order valence-corrected chi connectivity index (χ3v) is 5.12. The van der Waals surface area contributed by atoms with E-state index in [-0.39, 0.29) is 6.03 Å². The van der Waals surface area contributed by atoms with Crippen LogP contribution in [0.2, 0.25) is 0 Å². The molecule has 18 heavy (non-hydrogen) atoms. The fourth-order valence-corrected chi connectivity index (χ4v) is 4.11. The van der Waals surface area contributed by atoms with Gasteiger partial charge in [0.2, 0.25) is 10.3 Å². The number of likely N-dealkylation sites (tertiary alicyclic amines) is 1. The summed E-state index contributed by atoms with van der Waals surface area (Å²) in [6, 6.07) is 0.450. The molecule has 0 radical (unpaired) electrons. The van der Waals surface area contributed by atoms with Gasteiger partial charge >= 0.3 is 6.03 Å². The number of nitrogens with zero attached hydrogens (tertiary/aromatic N) is 3. The zero-order valence-electron chi connectivity index (χ0n) is 10.3. The Hall–Kier alpha value is -0.820. The third-order valence-electron chi connectivity index (χ3n) is 3.82. The molecule has 0 aromatic carbocycles. The van der Waals surface area contributed by atoms with Gasteiger partial charge in [0.1, 0.15) is 0 Å². The molecule has 7 heteroatoms. The van der Waals surface area contributed by atoms with Crippen LogP contribution in [0, 0.1) is 5.92 Å². The van der Waals surface area contributed by atoms with Crippen LogP contribution in [0.5, 0.6) is 0 Å². The van der Waals surface area contributed by atoms with Crippen molar-refractivity contribution in [2.24, 2.45) is 5.92 Å². The highest BCUT2D eigenvalue weighted by Crippen LogP contribution is 2.37. The van der Waals surface area contributed by atoms with Crippen LogP contribution >= 0.6 is 23.3 Å². The van der Waals surface area contributed by atoms with E-state index in [0.717, 1.165) is 30.5 Å². The van der Waals surface area contributed by atoms with Gasteiger partial charge in [-0.15, -0.1) is 0 Å². The van der Waals surface area contributed by atoms with Gasteiger partial charge in [-0.25, -0.2) is 4.79 Å². The second-order valence-electron chi connectivity index (χ2n) is 4.76. The van der Waals surface area contributed by atoms with E-state index < -0.39 is 0 Å². The van der Waals surface area contributed by atoms with Crippen LogP contribution in [0.3, 0.4) is 0 Å². The molecule has 98 valence electrons. The Kier molecular flexibility index (Phi) is 3.43. The zero-order valence-corrected chi connectivity index (χ0v) is 11.9. The molecule has 3 rings (SSSR count). The van der Waals surface area contributed by atoms with Gasteiger partial charge in [-0.2, -0.15) is 9.36 Å². The third kappa shape index (κ3) is 2.21. The van der Waals surface area contributed by atoms with Crippen LogP contribution in [-0.4, -0.2) is 39.1 Å². The number of amides is 2. The van der Waals surface area contributed by atoms with E-state index >= 15 is 0 Å². The molecule has 2 unspecified atom stereocenters. The van der Waals surface area contributed by atoms with E-state index in [4.69, 9.17) is 0 Å². The Bertz CT molecular complexity index is 450. The van der Waals surface area contributed by atoms with Gasteiger partial charge in [0.15, 0.2) is 0 Å². The summed E-state index contributed by atoms with van der Waals surface area (Å²) >= 11 is 2.73. The number of hydrogen-bond donors (Lipinski definition) is 1. The summed E-state index contributed by atoms with van der Waals surface area (Å²) in [4.78, 5) is 18.4. The van der Waals surface area contributed by atoms with Crippen molar-refractivity contribution in [2.45, 2.75) is 36.9 Å². The lowest BCUT2D eigenvalue weighted by Crippen LogP contribution is -2.39. The summed E-state index contributed by atoms with van der Waals surface area (Å²) < 4.78 is 4.14.